The van der Waals surface area contributed by atoms with Gasteiger partial charge in [0, 0.05) is 0 Å². The van der Waals surface area contributed by atoms with Crippen LogP contribution >= 0.6 is 11.3 Å². The molecule has 1 aromatic carbocycles. The standard InChI is InChI=1S/C14H12N2O3S/c17-12(9-5-6-20-8-9)7-16-13(18)10-3-1-2-4-11(10)15-14(16)19/h1-6,8,12,17H,7H2,(H,15,19). The number of aliphatic hydroxyl groups is 1. The lowest BCUT2D eigenvalue weighted by molar-refractivity contribution is 0.154. The van der Waals surface area contributed by atoms with E-state index in [1.807, 2.05) is 5.38 Å². The van der Waals surface area contributed by atoms with Crippen molar-refractivity contribution < 1.29 is 5.11 Å². The quantitative estimate of drug-likeness (QED) is 0.766. The van der Waals surface area contributed by atoms with Gasteiger partial charge in [-0.3, -0.25) is 9.36 Å². The van der Waals surface area contributed by atoms with Crippen molar-refractivity contribution in [3.63, 3.8) is 0 Å². The summed E-state index contributed by atoms with van der Waals surface area (Å²) in [6.07, 6.45) is -0.874. The third-order valence-electron chi connectivity index (χ3n) is 3.17. The molecule has 102 valence electrons. The first-order chi connectivity index (χ1) is 9.66. The van der Waals surface area contributed by atoms with E-state index in [1.54, 1.807) is 35.7 Å². The van der Waals surface area contributed by atoms with E-state index in [9.17, 15) is 14.7 Å². The first kappa shape index (κ1) is 12.8. The van der Waals surface area contributed by atoms with Crippen molar-refractivity contribution in [3.8, 4) is 0 Å². The minimum Gasteiger partial charge on any atom is -0.387 e. The zero-order valence-corrected chi connectivity index (χ0v) is 11.3. The third-order valence-corrected chi connectivity index (χ3v) is 3.87. The Labute approximate surface area is 117 Å². The van der Waals surface area contributed by atoms with E-state index >= 15 is 0 Å². The SMILES string of the molecule is O=c1[nH]c2ccccc2c(=O)n1CC(O)c1ccsc1. The molecule has 3 aromatic rings. The number of hydrogen-bond donors (Lipinski definition) is 2. The highest BCUT2D eigenvalue weighted by molar-refractivity contribution is 7.07. The molecule has 0 spiro atoms. The molecule has 1 unspecified atom stereocenters. The molecule has 2 N–H and O–H groups in total. The van der Waals surface area contributed by atoms with Gasteiger partial charge in [-0.25, -0.2) is 4.79 Å². The molecule has 0 saturated heterocycles. The summed E-state index contributed by atoms with van der Waals surface area (Å²) in [6, 6.07) is 8.60. The van der Waals surface area contributed by atoms with Crippen LogP contribution < -0.4 is 11.2 Å². The van der Waals surface area contributed by atoms with Crippen LogP contribution in [0.2, 0.25) is 0 Å². The molecule has 2 heterocycles. The van der Waals surface area contributed by atoms with Gasteiger partial charge < -0.3 is 10.1 Å². The predicted molar refractivity (Wildman–Crippen MR) is 78.1 cm³/mol. The molecule has 1 atom stereocenters. The van der Waals surface area contributed by atoms with Gasteiger partial charge in [0.1, 0.15) is 0 Å². The summed E-state index contributed by atoms with van der Waals surface area (Å²) in [5.41, 5.74) is 0.305. The first-order valence-electron chi connectivity index (χ1n) is 6.09. The Morgan fingerprint density at radius 3 is 2.80 bits per heavy atom. The molecular weight excluding hydrogens is 276 g/mol. The van der Waals surface area contributed by atoms with E-state index in [-0.39, 0.29) is 6.54 Å². The van der Waals surface area contributed by atoms with Gasteiger partial charge >= 0.3 is 5.69 Å². The number of fused-ring (bicyclic) bond motifs is 1. The molecule has 0 bridgehead atoms. The number of aliphatic hydroxyl groups excluding tert-OH is 1. The smallest absolute Gasteiger partial charge is 0.328 e. The van der Waals surface area contributed by atoms with E-state index in [1.165, 1.54) is 11.3 Å². The van der Waals surface area contributed by atoms with Crippen molar-refractivity contribution in [2.24, 2.45) is 0 Å². The Hall–Kier alpha value is -2.18. The zero-order valence-electron chi connectivity index (χ0n) is 10.4. The summed E-state index contributed by atoms with van der Waals surface area (Å²) in [5, 5.41) is 14.1. The fourth-order valence-corrected chi connectivity index (χ4v) is 2.81. The summed E-state index contributed by atoms with van der Waals surface area (Å²) in [4.78, 5) is 26.9. The number of aromatic nitrogens is 2. The highest BCUT2D eigenvalue weighted by Crippen LogP contribution is 2.17. The fraction of sp³-hybridized carbons (Fsp3) is 0.143. The summed E-state index contributed by atoms with van der Waals surface area (Å²) < 4.78 is 1.03. The lowest BCUT2D eigenvalue weighted by Gasteiger charge is -2.11. The number of nitrogens with one attached hydrogen (secondary N) is 1. The third kappa shape index (κ3) is 2.19. The average molecular weight is 288 g/mol. The number of hydrogen-bond acceptors (Lipinski definition) is 4. The van der Waals surface area contributed by atoms with Gasteiger partial charge in [-0.15, -0.1) is 0 Å². The number of nitrogens with zero attached hydrogens (tertiary/aromatic N) is 1. The van der Waals surface area contributed by atoms with Gasteiger partial charge in [0.2, 0.25) is 0 Å². The second kappa shape index (κ2) is 5.07. The van der Waals surface area contributed by atoms with Crippen LogP contribution in [-0.2, 0) is 6.54 Å². The lowest BCUT2D eigenvalue weighted by atomic mass is 10.2. The van der Waals surface area contributed by atoms with Crippen LogP contribution in [0.25, 0.3) is 10.9 Å². The Morgan fingerprint density at radius 2 is 2.05 bits per heavy atom. The molecule has 0 fully saturated rings. The van der Waals surface area contributed by atoms with Crippen LogP contribution in [-0.4, -0.2) is 14.7 Å². The molecule has 6 heteroatoms. The molecule has 0 amide bonds. The Bertz CT molecular complexity index is 849. The van der Waals surface area contributed by atoms with Crippen LogP contribution in [0.4, 0.5) is 0 Å². The number of rotatable bonds is 3. The van der Waals surface area contributed by atoms with Crippen LogP contribution in [0, 0.1) is 0 Å². The predicted octanol–water partition coefficient (Wildman–Crippen LogP) is 1.48. The maximum atomic E-state index is 12.3. The van der Waals surface area contributed by atoms with Gasteiger partial charge in [0.25, 0.3) is 5.56 Å². The molecule has 0 radical (unpaired) electrons. The van der Waals surface area contributed by atoms with Crippen molar-refractivity contribution >= 4 is 22.2 Å². The summed E-state index contributed by atoms with van der Waals surface area (Å²) in [7, 11) is 0. The lowest BCUT2D eigenvalue weighted by Crippen LogP contribution is -2.36. The first-order valence-corrected chi connectivity index (χ1v) is 7.03. The van der Waals surface area contributed by atoms with Crippen molar-refractivity contribution in [2.45, 2.75) is 12.6 Å². The monoisotopic (exact) mass is 288 g/mol. The molecule has 0 aliphatic carbocycles. The van der Waals surface area contributed by atoms with Crippen LogP contribution in [0.3, 0.4) is 0 Å². The van der Waals surface area contributed by atoms with Crippen molar-refractivity contribution in [2.75, 3.05) is 0 Å². The summed E-state index contributed by atoms with van der Waals surface area (Å²) >= 11 is 1.46. The van der Waals surface area contributed by atoms with Gasteiger partial charge in [-0.05, 0) is 34.5 Å². The maximum Gasteiger partial charge on any atom is 0.328 e. The molecule has 0 aliphatic rings. The largest absolute Gasteiger partial charge is 0.387 e. The topological polar surface area (TPSA) is 75.1 Å². The van der Waals surface area contributed by atoms with Crippen LogP contribution in [0.1, 0.15) is 11.7 Å². The van der Waals surface area contributed by atoms with Gasteiger partial charge in [0.05, 0.1) is 23.6 Å². The zero-order chi connectivity index (χ0) is 14.1. The molecule has 0 saturated carbocycles. The molecule has 2 aromatic heterocycles. The Balaban J connectivity index is 2.08. The van der Waals surface area contributed by atoms with E-state index < -0.39 is 17.4 Å². The average Bonchev–Trinajstić information content (AvgIpc) is 2.97. The van der Waals surface area contributed by atoms with E-state index in [2.05, 4.69) is 4.98 Å². The number of H-pyrrole nitrogens is 1. The summed E-state index contributed by atoms with van der Waals surface area (Å²) in [6.45, 7) is -0.0598. The van der Waals surface area contributed by atoms with E-state index in [0.717, 1.165) is 4.57 Å². The fourth-order valence-electron chi connectivity index (χ4n) is 2.11. The second-order valence-electron chi connectivity index (χ2n) is 4.46. The molecule has 0 aliphatic heterocycles. The van der Waals surface area contributed by atoms with Gasteiger partial charge in [0.15, 0.2) is 0 Å². The van der Waals surface area contributed by atoms with Crippen molar-refractivity contribution in [3.05, 3.63) is 67.5 Å². The van der Waals surface area contributed by atoms with E-state index in [0.29, 0.717) is 16.5 Å². The minimum atomic E-state index is -0.874. The van der Waals surface area contributed by atoms with Crippen molar-refractivity contribution in [1.29, 1.82) is 0 Å². The van der Waals surface area contributed by atoms with Gasteiger partial charge in [-0.2, -0.15) is 11.3 Å². The number of aromatic amines is 1. The molecule has 3 rings (SSSR count). The highest BCUT2D eigenvalue weighted by Gasteiger charge is 2.13. The van der Waals surface area contributed by atoms with Crippen molar-refractivity contribution in [1.82, 2.24) is 9.55 Å². The Morgan fingerprint density at radius 1 is 1.25 bits per heavy atom. The Kier molecular flexibility index (Phi) is 3.25. The highest BCUT2D eigenvalue weighted by atomic mass is 32.1. The van der Waals surface area contributed by atoms with E-state index in [4.69, 9.17) is 0 Å². The summed E-state index contributed by atoms with van der Waals surface area (Å²) in [5.74, 6) is 0. The minimum absolute atomic E-state index is 0.0598. The number of benzene rings is 1. The van der Waals surface area contributed by atoms with Crippen LogP contribution in [0.15, 0.2) is 50.7 Å². The maximum absolute atomic E-state index is 12.3. The molecular formula is C14H12N2O3S. The molecule has 5 nitrogen and oxygen atoms in total. The number of para-hydroxylation sites is 1. The number of thiophene rings is 1. The van der Waals surface area contributed by atoms with Crippen LogP contribution in [0.5, 0.6) is 0 Å². The molecule has 20 heavy (non-hydrogen) atoms. The normalized spacial score (nSPS) is 12.7. The second-order valence-corrected chi connectivity index (χ2v) is 5.24. The van der Waals surface area contributed by atoms with Gasteiger partial charge in [-0.1, -0.05) is 12.1 Å².